The van der Waals surface area contributed by atoms with E-state index in [9.17, 15) is 4.79 Å². The number of aryl methyl sites for hydroxylation is 1. The minimum Gasteiger partial charge on any atom is -0.354 e. The Kier molecular flexibility index (Phi) is 5.37. The first-order chi connectivity index (χ1) is 10.00. The Balaban J connectivity index is 1.83. The Labute approximate surface area is 127 Å². The summed E-state index contributed by atoms with van der Waals surface area (Å²) in [5.41, 5.74) is 2.10. The molecule has 4 nitrogen and oxygen atoms in total. The van der Waals surface area contributed by atoms with Gasteiger partial charge in [0.2, 0.25) is 5.91 Å². The molecular formula is C17H27N3O. The van der Waals surface area contributed by atoms with Gasteiger partial charge in [-0.05, 0) is 32.8 Å². The predicted molar refractivity (Wildman–Crippen MR) is 86.4 cm³/mol. The standard InChI is InChI=1S/C17H27N3O/c1-14-5-4-6-15(13-14)7-8-19-16(21)17(2,3)20-11-9-18-10-12-20/h4-6,13,18H,7-12H2,1-3H3,(H,19,21). The molecule has 0 spiro atoms. The quantitative estimate of drug-likeness (QED) is 0.860. The summed E-state index contributed by atoms with van der Waals surface area (Å²) in [5, 5.41) is 6.41. The van der Waals surface area contributed by atoms with Crippen molar-refractivity contribution in [3.63, 3.8) is 0 Å². The molecule has 0 bridgehead atoms. The van der Waals surface area contributed by atoms with Gasteiger partial charge in [0.15, 0.2) is 0 Å². The van der Waals surface area contributed by atoms with E-state index in [2.05, 4.69) is 46.7 Å². The van der Waals surface area contributed by atoms with Gasteiger partial charge in [-0.25, -0.2) is 0 Å². The molecule has 0 unspecified atom stereocenters. The van der Waals surface area contributed by atoms with Gasteiger partial charge in [0.1, 0.15) is 0 Å². The van der Waals surface area contributed by atoms with Gasteiger partial charge in [0, 0.05) is 32.7 Å². The summed E-state index contributed by atoms with van der Waals surface area (Å²) in [4.78, 5) is 14.7. The lowest BCUT2D eigenvalue weighted by Crippen LogP contribution is -2.60. The van der Waals surface area contributed by atoms with E-state index in [0.717, 1.165) is 32.6 Å². The van der Waals surface area contributed by atoms with E-state index in [1.165, 1.54) is 11.1 Å². The fraction of sp³-hybridized carbons (Fsp3) is 0.588. The number of piperazine rings is 1. The van der Waals surface area contributed by atoms with Crippen molar-refractivity contribution in [3.05, 3.63) is 35.4 Å². The number of amides is 1. The molecule has 116 valence electrons. The Bertz CT molecular complexity index is 479. The monoisotopic (exact) mass is 289 g/mol. The van der Waals surface area contributed by atoms with Gasteiger partial charge in [-0.3, -0.25) is 9.69 Å². The van der Waals surface area contributed by atoms with Crippen LogP contribution >= 0.6 is 0 Å². The van der Waals surface area contributed by atoms with Crippen LogP contribution in [0.25, 0.3) is 0 Å². The highest BCUT2D eigenvalue weighted by atomic mass is 16.2. The Morgan fingerprint density at radius 1 is 1.33 bits per heavy atom. The maximum Gasteiger partial charge on any atom is 0.239 e. The smallest absolute Gasteiger partial charge is 0.239 e. The van der Waals surface area contributed by atoms with Crippen molar-refractivity contribution in [2.45, 2.75) is 32.7 Å². The maximum atomic E-state index is 12.4. The SMILES string of the molecule is Cc1cccc(CCNC(=O)C(C)(C)N2CCNCC2)c1. The number of hydrogen-bond donors (Lipinski definition) is 2. The zero-order valence-electron chi connectivity index (χ0n) is 13.4. The van der Waals surface area contributed by atoms with Crippen molar-refractivity contribution in [1.29, 1.82) is 0 Å². The van der Waals surface area contributed by atoms with Crippen LogP contribution in [0.4, 0.5) is 0 Å². The van der Waals surface area contributed by atoms with Gasteiger partial charge in [-0.1, -0.05) is 29.8 Å². The highest BCUT2D eigenvalue weighted by molar-refractivity contribution is 5.85. The van der Waals surface area contributed by atoms with Crippen LogP contribution in [0.3, 0.4) is 0 Å². The second-order valence-corrected chi connectivity index (χ2v) is 6.29. The van der Waals surface area contributed by atoms with E-state index in [4.69, 9.17) is 0 Å². The normalized spacial score (nSPS) is 16.7. The number of rotatable bonds is 5. The van der Waals surface area contributed by atoms with Gasteiger partial charge in [0.05, 0.1) is 5.54 Å². The molecule has 0 aliphatic carbocycles. The molecule has 0 saturated carbocycles. The molecule has 1 aromatic rings. The lowest BCUT2D eigenvalue weighted by molar-refractivity contribution is -0.132. The van der Waals surface area contributed by atoms with E-state index >= 15 is 0 Å². The van der Waals surface area contributed by atoms with Crippen LogP contribution in [0, 0.1) is 6.92 Å². The first kappa shape index (κ1) is 16.0. The Hall–Kier alpha value is -1.39. The van der Waals surface area contributed by atoms with E-state index in [1.807, 2.05) is 13.8 Å². The number of nitrogens with one attached hydrogen (secondary N) is 2. The zero-order valence-corrected chi connectivity index (χ0v) is 13.4. The number of nitrogens with zero attached hydrogens (tertiary/aromatic N) is 1. The summed E-state index contributed by atoms with van der Waals surface area (Å²) in [5.74, 6) is 0.122. The second-order valence-electron chi connectivity index (χ2n) is 6.29. The molecule has 2 N–H and O–H groups in total. The second kappa shape index (κ2) is 7.05. The van der Waals surface area contributed by atoms with Crippen LogP contribution in [-0.4, -0.2) is 49.1 Å². The molecule has 1 aromatic carbocycles. The molecule has 21 heavy (non-hydrogen) atoms. The average molecular weight is 289 g/mol. The van der Waals surface area contributed by atoms with Gasteiger partial charge in [0.25, 0.3) is 0 Å². The Morgan fingerprint density at radius 2 is 2.05 bits per heavy atom. The number of carbonyl (C=O) groups excluding carboxylic acids is 1. The fourth-order valence-electron chi connectivity index (χ4n) is 2.77. The van der Waals surface area contributed by atoms with E-state index < -0.39 is 5.54 Å². The predicted octanol–water partition coefficient (Wildman–Crippen LogP) is 1.34. The maximum absolute atomic E-state index is 12.4. The van der Waals surface area contributed by atoms with E-state index in [0.29, 0.717) is 6.54 Å². The summed E-state index contributed by atoms with van der Waals surface area (Å²) in [6.07, 6.45) is 0.880. The van der Waals surface area contributed by atoms with Crippen molar-refractivity contribution in [1.82, 2.24) is 15.5 Å². The minimum absolute atomic E-state index is 0.122. The molecule has 0 aromatic heterocycles. The first-order valence-corrected chi connectivity index (χ1v) is 7.80. The molecule has 0 radical (unpaired) electrons. The molecule has 1 amide bonds. The van der Waals surface area contributed by atoms with Gasteiger partial charge in [-0.15, -0.1) is 0 Å². The summed E-state index contributed by atoms with van der Waals surface area (Å²) < 4.78 is 0. The van der Waals surface area contributed by atoms with Crippen molar-refractivity contribution in [2.24, 2.45) is 0 Å². The van der Waals surface area contributed by atoms with Crippen molar-refractivity contribution in [2.75, 3.05) is 32.7 Å². The van der Waals surface area contributed by atoms with Crippen molar-refractivity contribution in [3.8, 4) is 0 Å². The third-order valence-electron chi connectivity index (χ3n) is 4.24. The lowest BCUT2D eigenvalue weighted by atomic mass is 10.00. The lowest BCUT2D eigenvalue weighted by Gasteiger charge is -2.39. The van der Waals surface area contributed by atoms with Crippen molar-refractivity contribution >= 4 is 5.91 Å². The number of carbonyl (C=O) groups is 1. The molecule has 0 atom stereocenters. The summed E-state index contributed by atoms with van der Waals surface area (Å²) in [7, 11) is 0. The van der Waals surface area contributed by atoms with Gasteiger partial charge in [-0.2, -0.15) is 0 Å². The van der Waals surface area contributed by atoms with Gasteiger partial charge < -0.3 is 10.6 Å². The minimum atomic E-state index is -0.436. The topological polar surface area (TPSA) is 44.4 Å². The van der Waals surface area contributed by atoms with E-state index in [-0.39, 0.29) is 5.91 Å². The van der Waals surface area contributed by atoms with E-state index in [1.54, 1.807) is 0 Å². The molecule has 1 aliphatic heterocycles. The average Bonchev–Trinajstić information content (AvgIpc) is 2.48. The first-order valence-electron chi connectivity index (χ1n) is 7.80. The molecule has 1 saturated heterocycles. The van der Waals surface area contributed by atoms with Crippen LogP contribution in [-0.2, 0) is 11.2 Å². The summed E-state index contributed by atoms with van der Waals surface area (Å²) in [6, 6.07) is 8.45. The molecule has 2 rings (SSSR count). The summed E-state index contributed by atoms with van der Waals surface area (Å²) in [6.45, 7) is 10.6. The van der Waals surface area contributed by atoms with Crippen LogP contribution in [0.15, 0.2) is 24.3 Å². The summed E-state index contributed by atoms with van der Waals surface area (Å²) >= 11 is 0. The third kappa shape index (κ3) is 4.29. The highest BCUT2D eigenvalue weighted by Gasteiger charge is 2.34. The molecule has 1 aliphatic rings. The fourth-order valence-corrected chi connectivity index (χ4v) is 2.77. The van der Waals surface area contributed by atoms with Crippen LogP contribution < -0.4 is 10.6 Å². The largest absolute Gasteiger partial charge is 0.354 e. The Morgan fingerprint density at radius 3 is 2.71 bits per heavy atom. The molecule has 1 fully saturated rings. The number of benzene rings is 1. The highest BCUT2D eigenvalue weighted by Crippen LogP contribution is 2.15. The zero-order chi connectivity index (χ0) is 15.3. The number of hydrogen-bond acceptors (Lipinski definition) is 3. The molecule has 4 heteroatoms. The van der Waals surface area contributed by atoms with Crippen LogP contribution in [0.2, 0.25) is 0 Å². The van der Waals surface area contributed by atoms with Crippen LogP contribution in [0.5, 0.6) is 0 Å². The van der Waals surface area contributed by atoms with Crippen LogP contribution in [0.1, 0.15) is 25.0 Å². The molecular weight excluding hydrogens is 262 g/mol. The van der Waals surface area contributed by atoms with Crippen molar-refractivity contribution < 1.29 is 4.79 Å². The van der Waals surface area contributed by atoms with Gasteiger partial charge >= 0.3 is 0 Å². The third-order valence-corrected chi connectivity index (χ3v) is 4.24. The molecule has 1 heterocycles.